The molecule has 0 amide bonds. The van der Waals surface area contributed by atoms with Crippen LogP contribution in [0.5, 0.6) is 0 Å². The molecule has 1 aromatic rings. The maximum atomic E-state index is 2.49. The molecule has 0 radical (unpaired) electrons. The minimum absolute atomic E-state index is 0.806. The van der Waals surface area contributed by atoms with Crippen molar-refractivity contribution in [1.82, 2.24) is 0 Å². The molecule has 0 aliphatic heterocycles. The van der Waals surface area contributed by atoms with Crippen LogP contribution in [0.25, 0.3) is 6.08 Å². The third-order valence-corrected chi connectivity index (χ3v) is 4.53. The standard InChI is InChI=1S/C17H22/c1-12(2)11-14-8-10-17-15-6-4-3-5-13(15)7-9-16(14)17/h3-7,9,12,14,16-17H,8,10-11H2,1-2H3. The van der Waals surface area contributed by atoms with Crippen molar-refractivity contribution < 1.29 is 0 Å². The Labute approximate surface area is 105 Å². The van der Waals surface area contributed by atoms with Gasteiger partial charge in [0.05, 0.1) is 0 Å². The van der Waals surface area contributed by atoms with E-state index < -0.39 is 0 Å². The molecular weight excluding hydrogens is 204 g/mol. The Balaban J connectivity index is 1.88. The predicted octanol–water partition coefficient (Wildman–Crippen LogP) is 4.87. The van der Waals surface area contributed by atoms with Crippen molar-refractivity contribution in [1.29, 1.82) is 0 Å². The molecule has 0 bridgehead atoms. The third kappa shape index (κ3) is 1.94. The lowest BCUT2D eigenvalue weighted by Crippen LogP contribution is -2.16. The first-order valence-corrected chi connectivity index (χ1v) is 7.03. The first-order chi connectivity index (χ1) is 8.25. The average molecular weight is 226 g/mol. The van der Waals surface area contributed by atoms with Crippen molar-refractivity contribution >= 4 is 6.08 Å². The van der Waals surface area contributed by atoms with E-state index in [9.17, 15) is 0 Å². The Hall–Kier alpha value is -1.04. The highest BCUT2D eigenvalue weighted by molar-refractivity contribution is 5.58. The Morgan fingerprint density at radius 2 is 2.00 bits per heavy atom. The Morgan fingerprint density at radius 1 is 1.18 bits per heavy atom. The van der Waals surface area contributed by atoms with Crippen molar-refractivity contribution in [2.75, 3.05) is 0 Å². The maximum absolute atomic E-state index is 2.49. The van der Waals surface area contributed by atoms with Crippen molar-refractivity contribution in [2.24, 2.45) is 17.8 Å². The summed E-state index contributed by atoms with van der Waals surface area (Å²) in [7, 11) is 0. The minimum atomic E-state index is 0.806. The molecule has 3 rings (SSSR count). The van der Waals surface area contributed by atoms with Gasteiger partial charge in [0, 0.05) is 0 Å². The van der Waals surface area contributed by atoms with E-state index >= 15 is 0 Å². The lowest BCUT2D eigenvalue weighted by molar-refractivity contribution is 0.355. The monoisotopic (exact) mass is 226 g/mol. The van der Waals surface area contributed by atoms with Gasteiger partial charge in [0.15, 0.2) is 0 Å². The molecule has 1 aromatic carbocycles. The molecule has 17 heavy (non-hydrogen) atoms. The average Bonchev–Trinajstić information content (AvgIpc) is 2.72. The molecule has 0 N–H and O–H groups in total. The number of fused-ring (bicyclic) bond motifs is 3. The van der Waals surface area contributed by atoms with E-state index in [1.54, 1.807) is 5.56 Å². The summed E-state index contributed by atoms with van der Waals surface area (Å²) >= 11 is 0. The fourth-order valence-electron chi connectivity index (χ4n) is 3.86. The molecule has 0 heteroatoms. The fraction of sp³-hybridized carbons (Fsp3) is 0.529. The number of allylic oxidation sites excluding steroid dienone is 1. The Kier molecular flexibility index (Phi) is 2.82. The zero-order valence-electron chi connectivity index (χ0n) is 10.9. The number of benzene rings is 1. The largest absolute Gasteiger partial charge is 0.0799 e. The Bertz CT molecular complexity index is 427. The summed E-state index contributed by atoms with van der Waals surface area (Å²) in [6.45, 7) is 4.71. The molecule has 0 aromatic heterocycles. The minimum Gasteiger partial charge on any atom is -0.0799 e. The van der Waals surface area contributed by atoms with Crippen LogP contribution in [0.4, 0.5) is 0 Å². The summed E-state index contributed by atoms with van der Waals surface area (Å²) in [4.78, 5) is 0. The van der Waals surface area contributed by atoms with Gasteiger partial charge in [-0.3, -0.25) is 0 Å². The fourth-order valence-corrected chi connectivity index (χ4v) is 3.86. The SMILES string of the molecule is CC(C)CC1CCC2c3ccccc3C=CC12. The van der Waals surface area contributed by atoms with Gasteiger partial charge in [0.2, 0.25) is 0 Å². The molecule has 0 heterocycles. The second-order valence-corrected chi connectivity index (χ2v) is 6.14. The summed E-state index contributed by atoms with van der Waals surface area (Å²) in [5.74, 6) is 3.38. The zero-order chi connectivity index (χ0) is 11.8. The van der Waals surface area contributed by atoms with Crippen LogP contribution in [-0.4, -0.2) is 0 Å². The number of hydrogen-bond acceptors (Lipinski definition) is 0. The summed E-state index contributed by atoms with van der Waals surface area (Å²) in [5, 5.41) is 0. The van der Waals surface area contributed by atoms with Crippen LogP contribution in [0.1, 0.15) is 50.2 Å². The smallest absolute Gasteiger partial charge is 0.00902 e. The van der Waals surface area contributed by atoms with Gasteiger partial charge in [-0.1, -0.05) is 50.3 Å². The molecule has 3 unspecified atom stereocenters. The van der Waals surface area contributed by atoms with Crippen LogP contribution in [-0.2, 0) is 0 Å². The van der Waals surface area contributed by atoms with Crippen LogP contribution in [0, 0.1) is 17.8 Å². The van der Waals surface area contributed by atoms with E-state index in [2.05, 4.69) is 50.3 Å². The second kappa shape index (κ2) is 4.33. The molecule has 1 fully saturated rings. The van der Waals surface area contributed by atoms with Gasteiger partial charge in [0.25, 0.3) is 0 Å². The molecule has 2 aliphatic rings. The van der Waals surface area contributed by atoms with Crippen molar-refractivity contribution in [3.63, 3.8) is 0 Å². The lowest BCUT2D eigenvalue weighted by atomic mass is 9.77. The van der Waals surface area contributed by atoms with Crippen LogP contribution in [0.2, 0.25) is 0 Å². The number of hydrogen-bond donors (Lipinski definition) is 0. The quantitative estimate of drug-likeness (QED) is 0.675. The normalized spacial score (nSPS) is 30.4. The Morgan fingerprint density at radius 3 is 2.82 bits per heavy atom. The molecule has 0 nitrogen and oxygen atoms in total. The van der Waals surface area contributed by atoms with Gasteiger partial charge in [-0.15, -0.1) is 0 Å². The highest BCUT2D eigenvalue weighted by atomic mass is 14.4. The van der Waals surface area contributed by atoms with Crippen LogP contribution >= 0.6 is 0 Å². The topological polar surface area (TPSA) is 0 Å². The molecule has 90 valence electrons. The van der Waals surface area contributed by atoms with E-state index in [-0.39, 0.29) is 0 Å². The summed E-state index contributed by atoms with van der Waals surface area (Å²) < 4.78 is 0. The molecule has 3 atom stereocenters. The molecule has 0 saturated heterocycles. The maximum Gasteiger partial charge on any atom is -0.00902 e. The van der Waals surface area contributed by atoms with Crippen LogP contribution in [0.3, 0.4) is 0 Å². The first-order valence-electron chi connectivity index (χ1n) is 7.03. The van der Waals surface area contributed by atoms with Crippen molar-refractivity contribution in [3.05, 3.63) is 41.5 Å². The van der Waals surface area contributed by atoms with E-state index in [0.29, 0.717) is 0 Å². The van der Waals surface area contributed by atoms with E-state index in [1.807, 2.05) is 0 Å². The van der Waals surface area contributed by atoms with Gasteiger partial charge < -0.3 is 0 Å². The second-order valence-electron chi connectivity index (χ2n) is 6.14. The summed E-state index contributed by atoms with van der Waals surface area (Å²) in [6, 6.07) is 8.96. The van der Waals surface area contributed by atoms with Gasteiger partial charge in [-0.25, -0.2) is 0 Å². The molecule has 1 saturated carbocycles. The van der Waals surface area contributed by atoms with Crippen LogP contribution in [0.15, 0.2) is 30.3 Å². The van der Waals surface area contributed by atoms with Crippen LogP contribution < -0.4 is 0 Å². The third-order valence-electron chi connectivity index (χ3n) is 4.53. The molecule has 2 aliphatic carbocycles. The molecular formula is C17H22. The van der Waals surface area contributed by atoms with Gasteiger partial charge in [-0.05, 0) is 54.1 Å². The van der Waals surface area contributed by atoms with E-state index in [0.717, 1.165) is 23.7 Å². The zero-order valence-corrected chi connectivity index (χ0v) is 10.9. The predicted molar refractivity (Wildman–Crippen MR) is 73.9 cm³/mol. The first kappa shape index (κ1) is 11.1. The highest BCUT2D eigenvalue weighted by Gasteiger charge is 2.37. The van der Waals surface area contributed by atoms with E-state index in [4.69, 9.17) is 0 Å². The number of rotatable bonds is 2. The highest BCUT2D eigenvalue weighted by Crippen LogP contribution is 2.49. The lowest BCUT2D eigenvalue weighted by Gasteiger charge is -2.28. The van der Waals surface area contributed by atoms with E-state index in [1.165, 1.54) is 24.8 Å². The van der Waals surface area contributed by atoms with Gasteiger partial charge in [-0.2, -0.15) is 0 Å². The molecule has 0 spiro atoms. The van der Waals surface area contributed by atoms with Gasteiger partial charge >= 0.3 is 0 Å². The van der Waals surface area contributed by atoms with Gasteiger partial charge in [0.1, 0.15) is 0 Å². The summed E-state index contributed by atoms with van der Waals surface area (Å²) in [6.07, 6.45) is 9.06. The summed E-state index contributed by atoms with van der Waals surface area (Å²) in [5.41, 5.74) is 3.06. The van der Waals surface area contributed by atoms with Crippen molar-refractivity contribution in [3.8, 4) is 0 Å². The van der Waals surface area contributed by atoms with Crippen molar-refractivity contribution in [2.45, 2.75) is 39.0 Å².